The van der Waals surface area contributed by atoms with Crippen LogP contribution in [0, 0.1) is 11.6 Å². The molecule has 4 aromatic rings. The summed E-state index contributed by atoms with van der Waals surface area (Å²) in [6.45, 7) is 6.36. The third-order valence-electron chi connectivity index (χ3n) is 6.59. The van der Waals surface area contributed by atoms with Gasteiger partial charge in [-0.1, -0.05) is 30.3 Å². The van der Waals surface area contributed by atoms with E-state index in [2.05, 4.69) is 25.0 Å². The van der Waals surface area contributed by atoms with Crippen molar-refractivity contribution in [2.75, 3.05) is 23.1 Å². The lowest BCUT2D eigenvalue weighted by atomic mass is 10.2. The van der Waals surface area contributed by atoms with E-state index < -0.39 is 44.4 Å². The number of amides is 1. The van der Waals surface area contributed by atoms with Crippen molar-refractivity contribution in [2.45, 2.75) is 44.6 Å². The molecular weight excluding hydrogens is 606 g/mol. The Hall–Kier alpha value is -4.85. The molecule has 0 radical (unpaired) electrons. The number of likely N-dealkylation sites (tertiary alicyclic amines) is 1. The summed E-state index contributed by atoms with van der Waals surface area (Å²) in [6, 6.07) is 15.3. The van der Waals surface area contributed by atoms with Crippen LogP contribution in [-0.4, -0.2) is 59.1 Å². The lowest BCUT2D eigenvalue weighted by molar-refractivity contribution is 0.0293. The Bertz CT molecular complexity index is 1790. The maximum absolute atomic E-state index is 15.1. The number of benzene rings is 2. The molecule has 2 N–H and O–H groups in total. The van der Waals surface area contributed by atoms with Crippen LogP contribution in [0.3, 0.4) is 0 Å². The number of hydrogen-bond donors (Lipinski definition) is 2. The van der Waals surface area contributed by atoms with E-state index in [0.717, 1.165) is 12.1 Å². The number of pyridine rings is 1. The Morgan fingerprint density at radius 3 is 2.53 bits per heavy atom. The standard InChI is InChI=1S/C31H32F2N6O5S/c1-31(2,3)44-30(40)39-17-14-21(18-39)36-29-35-16-13-23(37-29)22-10-7-15-34-28(22)43-25-12-11-24(26(32)27(25)33)38-45(41,42)19-20-8-5-4-6-9-20/h4-13,15-16,21,38H,14,17-19H2,1-3H3,(H,35,36,37). The molecule has 2 aromatic carbocycles. The van der Waals surface area contributed by atoms with Crippen LogP contribution < -0.4 is 14.8 Å². The maximum Gasteiger partial charge on any atom is 0.410 e. The van der Waals surface area contributed by atoms with Gasteiger partial charge in [0.1, 0.15) is 5.60 Å². The lowest BCUT2D eigenvalue weighted by Crippen LogP contribution is -2.36. The number of nitrogens with one attached hydrogen (secondary N) is 2. The van der Waals surface area contributed by atoms with Gasteiger partial charge in [0, 0.05) is 31.5 Å². The summed E-state index contributed by atoms with van der Waals surface area (Å²) < 4.78 is 68.5. The maximum atomic E-state index is 15.1. The molecule has 3 heterocycles. The monoisotopic (exact) mass is 638 g/mol. The lowest BCUT2D eigenvalue weighted by Gasteiger charge is -2.24. The molecule has 2 aromatic heterocycles. The summed E-state index contributed by atoms with van der Waals surface area (Å²) in [5.41, 5.74) is 0.101. The van der Waals surface area contributed by atoms with Crippen molar-refractivity contribution >= 4 is 27.8 Å². The second kappa shape index (κ2) is 13.0. The van der Waals surface area contributed by atoms with Gasteiger partial charge in [-0.2, -0.15) is 4.39 Å². The van der Waals surface area contributed by atoms with Gasteiger partial charge in [0.2, 0.25) is 27.7 Å². The van der Waals surface area contributed by atoms with E-state index in [0.29, 0.717) is 42.3 Å². The third-order valence-corrected chi connectivity index (χ3v) is 7.84. The van der Waals surface area contributed by atoms with Crippen LogP contribution in [0.2, 0.25) is 0 Å². The van der Waals surface area contributed by atoms with E-state index in [9.17, 15) is 17.6 Å². The van der Waals surface area contributed by atoms with Crippen molar-refractivity contribution in [1.82, 2.24) is 19.9 Å². The average Bonchev–Trinajstić information content (AvgIpc) is 3.45. The van der Waals surface area contributed by atoms with Gasteiger partial charge in [-0.3, -0.25) is 4.72 Å². The van der Waals surface area contributed by atoms with Crippen molar-refractivity contribution in [1.29, 1.82) is 0 Å². The van der Waals surface area contributed by atoms with Gasteiger partial charge in [0.05, 0.1) is 22.7 Å². The highest BCUT2D eigenvalue weighted by atomic mass is 32.2. The number of anilines is 2. The van der Waals surface area contributed by atoms with Crippen LogP contribution in [0.4, 0.5) is 25.2 Å². The molecule has 1 aliphatic heterocycles. The molecule has 1 amide bonds. The summed E-state index contributed by atoms with van der Waals surface area (Å²) in [6.07, 6.45) is 3.22. The van der Waals surface area contributed by atoms with E-state index in [1.54, 1.807) is 53.4 Å². The Morgan fingerprint density at radius 2 is 1.78 bits per heavy atom. The van der Waals surface area contributed by atoms with Crippen molar-refractivity contribution in [3.05, 3.63) is 90.3 Å². The fourth-order valence-electron chi connectivity index (χ4n) is 4.59. The van der Waals surface area contributed by atoms with Crippen LogP contribution >= 0.6 is 0 Å². The van der Waals surface area contributed by atoms with Crippen LogP contribution in [0.1, 0.15) is 32.8 Å². The highest BCUT2D eigenvalue weighted by Crippen LogP contribution is 2.34. The molecule has 1 unspecified atom stereocenters. The van der Waals surface area contributed by atoms with Crippen LogP contribution in [0.25, 0.3) is 11.3 Å². The van der Waals surface area contributed by atoms with Gasteiger partial charge in [0.25, 0.3) is 0 Å². The highest BCUT2D eigenvalue weighted by molar-refractivity contribution is 7.91. The first kappa shape index (κ1) is 31.6. The van der Waals surface area contributed by atoms with Gasteiger partial charge >= 0.3 is 6.09 Å². The minimum Gasteiger partial charge on any atom is -0.444 e. The zero-order chi connectivity index (χ0) is 32.2. The van der Waals surface area contributed by atoms with Crippen LogP contribution in [0.5, 0.6) is 11.6 Å². The molecule has 0 spiro atoms. The number of halogens is 2. The summed E-state index contributed by atoms with van der Waals surface area (Å²) in [4.78, 5) is 27.0. The van der Waals surface area contributed by atoms with Crippen molar-refractivity contribution in [3.8, 4) is 22.9 Å². The number of rotatable bonds is 9. The fourth-order valence-corrected chi connectivity index (χ4v) is 5.79. The molecule has 0 bridgehead atoms. The smallest absolute Gasteiger partial charge is 0.410 e. The number of carbonyl (C=O) groups is 1. The molecular formula is C31H32F2N6O5S. The predicted octanol–water partition coefficient (Wildman–Crippen LogP) is 5.97. The fraction of sp³-hybridized carbons (Fsp3) is 0.290. The summed E-state index contributed by atoms with van der Waals surface area (Å²) in [5.74, 6) is -3.50. The Morgan fingerprint density at radius 1 is 1.00 bits per heavy atom. The molecule has 1 aliphatic rings. The van der Waals surface area contributed by atoms with E-state index in [-0.39, 0.29) is 18.0 Å². The van der Waals surface area contributed by atoms with E-state index in [1.165, 1.54) is 12.4 Å². The number of carbonyl (C=O) groups excluding carboxylic acids is 1. The summed E-state index contributed by atoms with van der Waals surface area (Å²) >= 11 is 0. The van der Waals surface area contributed by atoms with Crippen LogP contribution in [0.15, 0.2) is 73.1 Å². The van der Waals surface area contributed by atoms with E-state index in [1.807, 2.05) is 20.8 Å². The predicted molar refractivity (Wildman–Crippen MR) is 164 cm³/mol. The molecule has 45 heavy (non-hydrogen) atoms. The molecule has 5 rings (SSSR count). The Kier molecular flexibility index (Phi) is 9.14. The molecule has 0 aliphatic carbocycles. The zero-order valence-corrected chi connectivity index (χ0v) is 25.6. The van der Waals surface area contributed by atoms with Crippen molar-refractivity contribution in [3.63, 3.8) is 0 Å². The van der Waals surface area contributed by atoms with Crippen LogP contribution in [-0.2, 0) is 20.5 Å². The number of ether oxygens (including phenoxy) is 2. The second-order valence-corrected chi connectivity index (χ2v) is 13.1. The number of aromatic nitrogens is 3. The van der Waals surface area contributed by atoms with Crippen molar-refractivity contribution in [2.24, 2.45) is 0 Å². The number of nitrogens with zero attached hydrogens (tertiary/aromatic N) is 4. The summed E-state index contributed by atoms with van der Waals surface area (Å²) in [5, 5.41) is 3.23. The second-order valence-electron chi connectivity index (χ2n) is 11.4. The first-order valence-electron chi connectivity index (χ1n) is 14.1. The first-order chi connectivity index (χ1) is 21.4. The molecule has 1 saturated heterocycles. The van der Waals surface area contributed by atoms with E-state index >= 15 is 4.39 Å². The van der Waals surface area contributed by atoms with E-state index in [4.69, 9.17) is 9.47 Å². The minimum atomic E-state index is -4.02. The molecule has 0 saturated carbocycles. The largest absolute Gasteiger partial charge is 0.444 e. The molecule has 1 atom stereocenters. The minimum absolute atomic E-state index is 0.0603. The number of sulfonamides is 1. The quantitative estimate of drug-likeness (QED) is 0.227. The van der Waals surface area contributed by atoms with Gasteiger partial charge in [0.15, 0.2) is 11.6 Å². The van der Waals surface area contributed by atoms with Gasteiger partial charge < -0.3 is 19.7 Å². The average molecular weight is 639 g/mol. The molecule has 11 nitrogen and oxygen atoms in total. The third kappa shape index (κ3) is 8.20. The first-order valence-corrected chi connectivity index (χ1v) is 15.8. The normalized spacial score (nSPS) is 15.0. The Balaban J connectivity index is 1.29. The highest BCUT2D eigenvalue weighted by Gasteiger charge is 2.30. The SMILES string of the molecule is CC(C)(C)OC(=O)N1CCC(Nc2nccc(-c3cccnc3Oc3ccc(NS(=O)(=O)Cc4ccccc4)c(F)c3F)n2)C1. The van der Waals surface area contributed by atoms with Crippen molar-refractivity contribution < 1.29 is 31.5 Å². The molecule has 1 fully saturated rings. The summed E-state index contributed by atoms with van der Waals surface area (Å²) in [7, 11) is -4.02. The molecule has 14 heteroatoms. The zero-order valence-electron chi connectivity index (χ0n) is 24.8. The van der Waals surface area contributed by atoms with Gasteiger partial charge in [-0.15, -0.1) is 0 Å². The topological polar surface area (TPSA) is 136 Å². The van der Waals surface area contributed by atoms with Gasteiger partial charge in [-0.05, 0) is 63.1 Å². The number of hydrogen-bond acceptors (Lipinski definition) is 9. The molecule has 236 valence electrons. The van der Waals surface area contributed by atoms with Gasteiger partial charge in [-0.25, -0.2) is 32.6 Å². The Labute approximate surface area is 259 Å².